The zero-order chi connectivity index (χ0) is 21.7. The van der Waals surface area contributed by atoms with E-state index in [0.29, 0.717) is 36.0 Å². The molecule has 2 aromatic carbocycles. The van der Waals surface area contributed by atoms with Crippen molar-refractivity contribution in [3.63, 3.8) is 0 Å². The maximum atomic E-state index is 11.8. The monoisotopic (exact) mass is 415 g/mol. The zero-order valence-electron chi connectivity index (χ0n) is 18.2. The van der Waals surface area contributed by atoms with Crippen molar-refractivity contribution < 1.29 is 28.5 Å². The van der Waals surface area contributed by atoms with Crippen molar-refractivity contribution in [3.8, 4) is 23.0 Å². The Kier molecular flexibility index (Phi) is 7.05. The second-order valence-corrected chi connectivity index (χ2v) is 7.04. The van der Waals surface area contributed by atoms with Gasteiger partial charge in [-0.05, 0) is 47.4 Å². The summed E-state index contributed by atoms with van der Waals surface area (Å²) in [7, 11) is 7.93. The molecule has 0 aromatic heterocycles. The number of methoxy groups -OCH3 is 5. The molecule has 3 rings (SSSR count). The maximum absolute atomic E-state index is 11.8. The van der Waals surface area contributed by atoms with Gasteiger partial charge in [0.15, 0.2) is 23.0 Å². The largest absolute Gasteiger partial charge is 0.493 e. The van der Waals surface area contributed by atoms with Gasteiger partial charge < -0.3 is 23.7 Å². The number of ether oxygens (including phenoxy) is 5. The summed E-state index contributed by atoms with van der Waals surface area (Å²) in [5, 5.41) is 0. The molecule has 7 nitrogen and oxygen atoms in total. The number of fused-ring (bicyclic) bond motifs is 1. The normalized spacial score (nSPS) is 15.8. The average molecular weight is 415 g/mol. The SMILES string of the molecule is COC(=O)CCN1CCc2cc(OC)c(OC)cc2[C@@H]1c1ccc(OC)c(OC)c1. The van der Waals surface area contributed by atoms with Crippen LogP contribution in [0.4, 0.5) is 0 Å². The lowest BCUT2D eigenvalue weighted by molar-refractivity contribution is -0.141. The fourth-order valence-electron chi connectivity index (χ4n) is 3.99. The molecule has 1 heterocycles. The Morgan fingerprint density at radius 1 is 0.900 bits per heavy atom. The first-order chi connectivity index (χ1) is 14.6. The predicted octanol–water partition coefficient (Wildman–Crippen LogP) is 3.23. The number of carbonyl (C=O) groups is 1. The summed E-state index contributed by atoms with van der Waals surface area (Å²) in [6.07, 6.45) is 1.17. The van der Waals surface area contributed by atoms with Crippen molar-refractivity contribution in [2.24, 2.45) is 0 Å². The summed E-state index contributed by atoms with van der Waals surface area (Å²) in [5.74, 6) is 2.50. The lowest BCUT2D eigenvalue weighted by Crippen LogP contribution is -2.37. The van der Waals surface area contributed by atoms with Crippen LogP contribution in [0.25, 0.3) is 0 Å². The zero-order valence-corrected chi connectivity index (χ0v) is 18.2. The topological polar surface area (TPSA) is 66.5 Å². The molecule has 0 saturated heterocycles. The van der Waals surface area contributed by atoms with Crippen LogP contribution >= 0.6 is 0 Å². The number of nitrogens with zero attached hydrogens (tertiary/aromatic N) is 1. The summed E-state index contributed by atoms with van der Waals surface area (Å²) in [6.45, 7) is 1.39. The van der Waals surface area contributed by atoms with Crippen LogP contribution in [0.2, 0.25) is 0 Å². The second-order valence-electron chi connectivity index (χ2n) is 7.04. The number of benzene rings is 2. The smallest absolute Gasteiger partial charge is 0.306 e. The van der Waals surface area contributed by atoms with Gasteiger partial charge in [0.25, 0.3) is 0 Å². The Bertz CT molecular complexity index is 898. The first-order valence-electron chi connectivity index (χ1n) is 9.83. The van der Waals surface area contributed by atoms with E-state index in [4.69, 9.17) is 23.7 Å². The van der Waals surface area contributed by atoms with Crippen molar-refractivity contribution in [1.82, 2.24) is 4.90 Å². The van der Waals surface area contributed by atoms with Crippen molar-refractivity contribution in [2.45, 2.75) is 18.9 Å². The molecule has 0 unspecified atom stereocenters. The number of carbonyl (C=O) groups excluding carboxylic acids is 1. The first kappa shape index (κ1) is 21.8. The lowest BCUT2D eigenvalue weighted by Gasteiger charge is -2.38. The molecule has 0 amide bonds. The highest BCUT2D eigenvalue weighted by molar-refractivity contribution is 5.69. The molecule has 0 saturated carbocycles. The van der Waals surface area contributed by atoms with Crippen LogP contribution in [0, 0.1) is 0 Å². The maximum Gasteiger partial charge on any atom is 0.306 e. The van der Waals surface area contributed by atoms with Crippen molar-refractivity contribution in [1.29, 1.82) is 0 Å². The third-order valence-corrected chi connectivity index (χ3v) is 5.53. The van der Waals surface area contributed by atoms with Gasteiger partial charge in [-0.2, -0.15) is 0 Å². The van der Waals surface area contributed by atoms with Gasteiger partial charge in [-0.1, -0.05) is 6.07 Å². The number of esters is 1. The van der Waals surface area contributed by atoms with Crippen LogP contribution < -0.4 is 18.9 Å². The molecule has 162 valence electrons. The van der Waals surface area contributed by atoms with E-state index in [-0.39, 0.29) is 12.0 Å². The molecule has 1 aliphatic heterocycles. The third-order valence-electron chi connectivity index (χ3n) is 5.53. The molecule has 0 radical (unpaired) electrons. The van der Waals surface area contributed by atoms with Crippen molar-refractivity contribution in [3.05, 3.63) is 47.0 Å². The minimum atomic E-state index is -0.223. The summed E-state index contributed by atoms with van der Waals surface area (Å²) in [4.78, 5) is 14.1. The van der Waals surface area contributed by atoms with Gasteiger partial charge in [-0.15, -0.1) is 0 Å². The fraction of sp³-hybridized carbons (Fsp3) is 0.435. The summed E-state index contributed by atoms with van der Waals surface area (Å²) in [6, 6.07) is 9.92. The van der Waals surface area contributed by atoms with Crippen LogP contribution in [0.1, 0.15) is 29.2 Å². The van der Waals surface area contributed by atoms with Gasteiger partial charge in [0, 0.05) is 13.1 Å². The van der Waals surface area contributed by atoms with E-state index >= 15 is 0 Å². The van der Waals surface area contributed by atoms with Gasteiger partial charge >= 0.3 is 5.97 Å². The van der Waals surface area contributed by atoms with E-state index in [9.17, 15) is 4.79 Å². The van der Waals surface area contributed by atoms with Gasteiger partial charge in [-0.25, -0.2) is 0 Å². The van der Waals surface area contributed by atoms with E-state index in [1.165, 1.54) is 12.7 Å². The predicted molar refractivity (Wildman–Crippen MR) is 113 cm³/mol. The number of hydrogen-bond acceptors (Lipinski definition) is 7. The number of rotatable bonds is 8. The molecule has 0 fully saturated rings. The molecular weight excluding hydrogens is 386 g/mol. The van der Waals surface area contributed by atoms with Crippen molar-refractivity contribution in [2.75, 3.05) is 48.6 Å². The Hall–Kier alpha value is -2.93. The molecule has 0 spiro atoms. The molecular formula is C23H29NO6. The Balaban J connectivity index is 2.09. The lowest BCUT2D eigenvalue weighted by atomic mass is 9.87. The summed E-state index contributed by atoms with van der Waals surface area (Å²) in [5.41, 5.74) is 3.36. The van der Waals surface area contributed by atoms with E-state index in [1.54, 1.807) is 28.4 Å². The van der Waals surface area contributed by atoms with Crippen LogP contribution in [-0.2, 0) is 16.0 Å². The van der Waals surface area contributed by atoms with E-state index in [1.807, 2.05) is 30.3 Å². The van der Waals surface area contributed by atoms with Crippen LogP contribution in [0.15, 0.2) is 30.3 Å². The average Bonchev–Trinajstić information content (AvgIpc) is 2.80. The van der Waals surface area contributed by atoms with Crippen molar-refractivity contribution >= 4 is 5.97 Å². The highest BCUT2D eigenvalue weighted by atomic mass is 16.5. The van der Waals surface area contributed by atoms with Gasteiger partial charge in [0.2, 0.25) is 0 Å². The minimum Gasteiger partial charge on any atom is -0.493 e. The highest BCUT2D eigenvalue weighted by Gasteiger charge is 2.31. The molecule has 0 aliphatic carbocycles. The van der Waals surface area contributed by atoms with Crippen LogP contribution in [0.3, 0.4) is 0 Å². The second kappa shape index (κ2) is 9.71. The Labute approximate surface area is 177 Å². The molecule has 7 heteroatoms. The third kappa shape index (κ3) is 4.31. The summed E-state index contributed by atoms with van der Waals surface area (Å²) < 4.78 is 26.8. The molecule has 1 atom stereocenters. The number of hydrogen-bond donors (Lipinski definition) is 0. The molecule has 0 bridgehead atoms. The van der Waals surface area contributed by atoms with Crippen LogP contribution in [-0.4, -0.2) is 59.5 Å². The molecule has 0 N–H and O–H groups in total. The quantitative estimate of drug-likeness (QED) is 0.613. The molecule has 1 aliphatic rings. The Morgan fingerprint density at radius 3 is 2.17 bits per heavy atom. The summed E-state index contributed by atoms with van der Waals surface area (Å²) >= 11 is 0. The minimum absolute atomic E-state index is 0.0713. The molecule has 2 aromatic rings. The van der Waals surface area contributed by atoms with E-state index in [2.05, 4.69) is 4.90 Å². The Morgan fingerprint density at radius 2 is 1.53 bits per heavy atom. The van der Waals surface area contributed by atoms with Gasteiger partial charge in [0.1, 0.15) is 0 Å². The van der Waals surface area contributed by atoms with E-state index < -0.39 is 0 Å². The fourth-order valence-corrected chi connectivity index (χ4v) is 3.99. The van der Waals surface area contributed by atoms with Gasteiger partial charge in [0.05, 0.1) is 48.0 Å². The highest BCUT2D eigenvalue weighted by Crippen LogP contribution is 2.42. The van der Waals surface area contributed by atoms with Gasteiger partial charge in [-0.3, -0.25) is 9.69 Å². The van der Waals surface area contributed by atoms with E-state index in [0.717, 1.165) is 24.1 Å². The van der Waals surface area contributed by atoms with Crippen LogP contribution in [0.5, 0.6) is 23.0 Å². The standard InChI is InChI=1S/C23H29NO6/c1-26-18-7-6-16(13-19(18)27-2)23-17-14-21(29-4)20(28-3)12-15(17)8-10-24(23)11-9-22(25)30-5/h6-7,12-14,23H,8-11H2,1-5H3/t23-/m0/s1. The molecule has 30 heavy (non-hydrogen) atoms. The first-order valence-corrected chi connectivity index (χ1v) is 9.83.